The van der Waals surface area contributed by atoms with E-state index >= 15 is 0 Å². The Hall–Kier alpha value is -15.0. The number of carbonyl (C=O) groups excluding carboxylic acids is 1. The minimum absolute atomic E-state index is 0.0378. The van der Waals surface area contributed by atoms with Gasteiger partial charge in [0, 0.05) is 49.4 Å². The fraction of sp³-hybridized carbons (Fsp3) is 0.150. The number of benzene rings is 15. The zero-order valence-corrected chi connectivity index (χ0v) is 68.4. The van der Waals surface area contributed by atoms with Crippen molar-refractivity contribution >= 4 is 5.97 Å². The van der Waals surface area contributed by atoms with Crippen LogP contribution in [0.4, 0.5) is 0 Å². The molecule has 0 N–H and O–H groups in total. The summed E-state index contributed by atoms with van der Waals surface area (Å²) in [5.41, 5.74) is 13.5. The molecule has 0 radical (unpaired) electrons. The molecule has 0 spiro atoms. The van der Waals surface area contributed by atoms with E-state index in [1.807, 2.05) is 364 Å². The summed E-state index contributed by atoms with van der Waals surface area (Å²) in [6.45, 7) is 4.74. The molecule has 0 aliphatic rings. The van der Waals surface area contributed by atoms with Gasteiger partial charge in [-0.05, 0) is 168 Å². The molecule has 0 aromatic heterocycles. The summed E-state index contributed by atoms with van der Waals surface area (Å²) in [5, 5.41) is 0. The van der Waals surface area contributed by atoms with E-state index in [-0.39, 0.29) is 46.2 Å². The van der Waals surface area contributed by atoms with Crippen LogP contribution in [0.5, 0.6) is 80.5 Å². The zero-order valence-electron chi connectivity index (χ0n) is 68.4. The maximum atomic E-state index is 12.5. The van der Waals surface area contributed by atoms with Crippen molar-refractivity contribution in [3.8, 4) is 80.5 Å². The highest BCUT2D eigenvalue weighted by atomic mass is 16.5. The van der Waals surface area contributed by atoms with Crippen molar-refractivity contribution in [2.75, 3.05) is 0 Å². The fourth-order valence-electron chi connectivity index (χ4n) is 13.3. The van der Waals surface area contributed by atoms with E-state index in [0.29, 0.717) is 150 Å². The van der Waals surface area contributed by atoms with Gasteiger partial charge >= 0.3 is 5.97 Å². The number of hydrogen-bond acceptors (Lipinski definition) is 16. The monoisotopic (exact) mass is 1630 g/mol. The van der Waals surface area contributed by atoms with E-state index in [1.54, 1.807) is 6.07 Å². The summed E-state index contributed by atoms with van der Waals surface area (Å²) >= 11 is 0. The molecule has 0 atom stereocenters. The Bertz CT molecular complexity index is 4900. The van der Waals surface area contributed by atoms with Crippen LogP contribution in [-0.2, 0) is 109 Å². The summed E-state index contributed by atoms with van der Waals surface area (Å²) < 4.78 is 97.6. The molecule has 16 nitrogen and oxygen atoms in total. The second-order valence-corrected chi connectivity index (χ2v) is 29.4. The van der Waals surface area contributed by atoms with Gasteiger partial charge in [-0.1, -0.05) is 243 Å². The van der Waals surface area contributed by atoms with E-state index in [4.69, 9.17) is 71.1 Å². The van der Waals surface area contributed by atoms with E-state index in [9.17, 15) is 4.79 Å². The van der Waals surface area contributed by atoms with Crippen LogP contribution in [0.25, 0.3) is 0 Å². The molecular weight excluding hydrogens is 1540 g/mol. The van der Waals surface area contributed by atoms with E-state index in [0.717, 1.165) is 66.8 Å². The third-order valence-corrected chi connectivity index (χ3v) is 19.4. The molecular formula is C107H94O16. The van der Waals surface area contributed by atoms with Crippen molar-refractivity contribution in [2.24, 2.45) is 0 Å². The summed E-state index contributed by atoms with van der Waals surface area (Å²) in [5.74, 6) is 7.38. The normalized spacial score (nSPS) is 10.8. The standard InChI is InChI=1S/C107H94O16/c1-78(108)109-71-87-42-102(118-76-92-52-104(120-72-88-44-94(110-63-79-26-10-2-11-27-79)56-95(45-88)111-64-80-28-12-3-13-29-80)61-105(53-92)121-73-89-46-96(112-65-81-30-14-4-15-31-81)57-97(47-89)113-66-82-32-16-5-17-33-82)60-103(43-87)119-77-93-54-106(122-74-90-48-98(114-67-83-34-18-6-19-35-83)58-99(49-90)115-68-84-36-20-7-21-37-84)62-107(55-93)123-75-91-50-100(116-69-85-38-22-8-23-39-85)59-101(51-91)117-70-86-40-24-9-25-41-86/h2-62H,63-77H2,1H3. The lowest BCUT2D eigenvalue weighted by Crippen LogP contribution is -2.05. The molecule has 123 heavy (non-hydrogen) atoms. The van der Waals surface area contributed by atoms with Crippen LogP contribution in [0.1, 0.15) is 90.4 Å². The highest BCUT2D eigenvalue weighted by molar-refractivity contribution is 5.66. The van der Waals surface area contributed by atoms with Gasteiger partial charge in [-0.15, -0.1) is 0 Å². The average molecular weight is 1640 g/mol. The van der Waals surface area contributed by atoms with Gasteiger partial charge < -0.3 is 71.1 Å². The summed E-state index contributed by atoms with van der Waals surface area (Å²) in [6, 6.07) is 120. The lowest BCUT2D eigenvalue weighted by molar-refractivity contribution is -0.142. The van der Waals surface area contributed by atoms with Gasteiger partial charge in [0.05, 0.1) is 0 Å². The SMILES string of the molecule is CC(=O)OCc1cc(OCc2cc(OCc3cc(OCc4ccccc4)cc(OCc4ccccc4)c3)cc(OCc3cc(OCc4ccccc4)cc(OCc4ccccc4)c3)c2)cc(OCc2cc(OCc3cc(OCc4ccccc4)cc(OCc4ccccc4)c3)cc(OCc3cc(OCc4ccccc4)cc(OCc4ccccc4)c3)c2)c1. The molecule has 618 valence electrons. The van der Waals surface area contributed by atoms with Crippen LogP contribution >= 0.6 is 0 Å². The molecule has 15 aromatic carbocycles. The Morgan fingerprint density at radius 2 is 0.252 bits per heavy atom. The molecule has 0 aliphatic carbocycles. The Kier molecular flexibility index (Phi) is 29.4. The van der Waals surface area contributed by atoms with Gasteiger partial charge in [-0.25, -0.2) is 0 Å². The summed E-state index contributed by atoms with van der Waals surface area (Å²) in [7, 11) is 0. The van der Waals surface area contributed by atoms with Crippen molar-refractivity contribution in [1.82, 2.24) is 0 Å². The first-order chi connectivity index (χ1) is 60.6. The molecule has 0 bridgehead atoms. The fourth-order valence-corrected chi connectivity index (χ4v) is 13.3. The van der Waals surface area contributed by atoms with Gasteiger partial charge in [0.1, 0.15) is 180 Å². The van der Waals surface area contributed by atoms with Crippen LogP contribution in [-0.4, -0.2) is 5.97 Å². The number of hydrogen-bond donors (Lipinski definition) is 0. The van der Waals surface area contributed by atoms with Crippen molar-refractivity contribution < 1.29 is 75.8 Å². The lowest BCUT2D eigenvalue weighted by atomic mass is 10.1. The minimum atomic E-state index is -0.452. The van der Waals surface area contributed by atoms with E-state index in [2.05, 4.69) is 0 Å². The molecule has 15 aromatic rings. The Balaban J connectivity index is 0.713. The van der Waals surface area contributed by atoms with Gasteiger partial charge in [0.15, 0.2) is 0 Å². The van der Waals surface area contributed by atoms with Gasteiger partial charge in [0.25, 0.3) is 0 Å². The average Bonchev–Trinajstić information content (AvgIpc) is 0.799. The maximum Gasteiger partial charge on any atom is 0.302 e. The van der Waals surface area contributed by atoms with Crippen LogP contribution in [0.2, 0.25) is 0 Å². The van der Waals surface area contributed by atoms with E-state index < -0.39 is 5.97 Å². The lowest BCUT2D eigenvalue weighted by Gasteiger charge is -2.17. The van der Waals surface area contributed by atoms with E-state index in [1.165, 1.54) is 6.92 Å². The third-order valence-electron chi connectivity index (χ3n) is 19.4. The molecule has 0 saturated carbocycles. The van der Waals surface area contributed by atoms with Gasteiger partial charge in [0.2, 0.25) is 0 Å². The Labute approximate surface area is 717 Å². The molecule has 0 fully saturated rings. The van der Waals surface area contributed by atoms with Crippen molar-refractivity contribution in [3.05, 3.63) is 454 Å². The van der Waals surface area contributed by atoms with Crippen LogP contribution < -0.4 is 66.3 Å². The van der Waals surface area contributed by atoms with Crippen LogP contribution in [0.3, 0.4) is 0 Å². The zero-order chi connectivity index (χ0) is 83.7. The summed E-state index contributed by atoms with van der Waals surface area (Å²) in [6.07, 6.45) is 0. The first kappa shape index (κ1) is 83.0. The predicted molar refractivity (Wildman–Crippen MR) is 473 cm³/mol. The molecule has 16 heteroatoms. The minimum Gasteiger partial charge on any atom is -0.489 e. The number of rotatable bonds is 44. The predicted octanol–water partition coefficient (Wildman–Crippen LogP) is 23.9. The Morgan fingerprint density at radius 1 is 0.146 bits per heavy atom. The number of esters is 1. The van der Waals surface area contributed by atoms with Crippen LogP contribution in [0.15, 0.2) is 370 Å². The topological polar surface area (TPSA) is 156 Å². The highest BCUT2D eigenvalue weighted by Gasteiger charge is 2.17. The molecule has 0 aliphatic heterocycles. The highest BCUT2D eigenvalue weighted by Crippen LogP contribution is 2.36. The van der Waals surface area contributed by atoms with Gasteiger partial charge in [-0.2, -0.15) is 0 Å². The molecule has 0 heterocycles. The van der Waals surface area contributed by atoms with Gasteiger partial charge in [-0.3, -0.25) is 4.79 Å². The van der Waals surface area contributed by atoms with Crippen LogP contribution in [0, 0.1) is 0 Å². The first-order valence-corrected chi connectivity index (χ1v) is 40.8. The molecule has 0 amide bonds. The largest absolute Gasteiger partial charge is 0.489 e. The Morgan fingerprint density at radius 3 is 0.366 bits per heavy atom. The molecule has 15 rings (SSSR count). The summed E-state index contributed by atoms with van der Waals surface area (Å²) in [4.78, 5) is 12.5. The second kappa shape index (κ2) is 43.6. The van der Waals surface area contributed by atoms with Crippen molar-refractivity contribution in [3.63, 3.8) is 0 Å². The van der Waals surface area contributed by atoms with Crippen molar-refractivity contribution in [2.45, 2.75) is 106 Å². The smallest absolute Gasteiger partial charge is 0.302 e. The number of ether oxygens (including phenoxy) is 15. The molecule has 0 saturated heterocycles. The third kappa shape index (κ3) is 27.3. The molecule has 0 unspecified atom stereocenters. The maximum absolute atomic E-state index is 12.5. The number of carbonyl (C=O) groups is 1. The quantitative estimate of drug-likeness (QED) is 0.0332. The van der Waals surface area contributed by atoms with Crippen molar-refractivity contribution in [1.29, 1.82) is 0 Å². The first-order valence-electron chi connectivity index (χ1n) is 40.8. The second-order valence-electron chi connectivity index (χ2n) is 29.4.